The highest BCUT2D eigenvalue weighted by molar-refractivity contribution is 5.92. The molecule has 0 unspecified atom stereocenters. The van der Waals surface area contributed by atoms with Gasteiger partial charge < -0.3 is 10.6 Å². The molecule has 8 nitrogen and oxygen atoms in total. The van der Waals surface area contributed by atoms with Gasteiger partial charge in [-0.2, -0.15) is 0 Å². The largest absolute Gasteiger partial charge is 0.369 e. The first-order chi connectivity index (χ1) is 9.79. The van der Waals surface area contributed by atoms with Crippen molar-refractivity contribution in [2.24, 2.45) is 0 Å². The van der Waals surface area contributed by atoms with Gasteiger partial charge in [-0.15, -0.1) is 15.3 Å². The first kappa shape index (κ1) is 13.9. The maximum Gasteiger partial charge on any atom is 0.271 e. The van der Waals surface area contributed by atoms with E-state index in [0.717, 1.165) is 13.0 Å². The molecular formula is C12H17N7O. The Morgan fingerprint density at radius 2 is 2.20 bits per heavy atom. The predicted molar refractivity (Wildman–Crippen MR) is 73.2 cm³/mol. The molecule has 1 amide bonds. The summed E-state index contributed by atoms with van der Waals surface area (Å²) in [7, 11) is 0. The lowest BCUT2D eigenvalue weighted by Gasteiger charge is -2.05. The number of carbonyl (C=O) groups is 1. The standard InChI is InChI=1S/C12H17N7O/c1-2-5-13-11-4-3-10(16-17-11)12(20)14-6-8-19-9-7-15-18-19/h3-4,7,9H,2,5-6,8H2,1H3,(H,13,17)(H,14,20). The average Bonchev–Trinajstić information content (AvgIpc) is 2.99. The Morgan fingerprint density at radius 3 is 2.85 bits per heavy atom. The fraction of sp³-hybridized carbons (Fsp3) is 0.417. The van der Waals surface area contributed by atoms with E-state index in [4.69, 9.17) is 0 Å². The van der Waals surface area contributed by atoms with Crippen molar-refractivity contribution >= 4 is 11.7 Å². The monoisotopic (exact) mass is 275 g/mol. The molecule has 2 N–H and O–H groups in total. The van der Waals surface area contributed by atoms with E-state index in [1.54, 1.807) is 29.2 Å². The maximum absolute atomic E-state index is 11.8. The van der Waals surface area contributed by atoms with E-state index in [9.17, 15) is 4.79 Å². The predicted octanol–water partition coefficient (Wildman–Crippen LogP) is 0.320. The number of rotatable bonds is 7. The van der Waals surface area contributed by atoms with Crippen LogP contribution in [0.25, 0.3) is 0 Å². The third kappa shape index (κ3) is 4.01. The summed E-state index contributed by atoms with van der Waals surface area (Å²) in [5.74, 6) is 0.422. The van der Waals surface area contributed by atoms with Gasteiger partial charge in [-0.05, 0) is 18.6 Å². The molecule has 0 aromatic carbocycles. The molecule has 0 saturated heterocycles. The lowest BCUT2D eigenvalue weighted by Crippen LogP contribution is -2.28. The number of hydrogen-bond acceptors (Lipinski definition) is 6. The van der Waals surface area contributed by atoms with Crippen LogP contribution in [0.4, 0.5) is 5.82 Å². The molecule has 2 heterocycles. The van der Waals surface area contributed by atoms with E-state index in [2.05, 4.69) is 38.1 Å². The molecule has 0 atom stereocenters. The molecule has 8 heteroatoms. The second-order valence-corrected chi connectivity index (χ2v) is 4.15. The normalized spacial score (nSPS) is 10.2. The number of nitrogens with zero attached hydrogens (tertiary/aromatic N) is 5. The van der Waals surface area contributed by atoms with Gasteiger partial charge in [-0.25, -0.2) is 0 Å². The van der Waals surface area contributed by atoms with Gasteiger partial charge in [0.1, 0.15) is 5.82 Å². The summed E-state index contributed by atoms with van der Waals surface area (Å²) in [5.41, 5.74) is 0.297. The Bertz CT molecular complexity index is 523. The molecule has 2 rings (SSSR count). The van der Waals surface area contributed by atoms with E-state index < -0.39 is 0 Å². The first-order valence-corrected chi connectivity index (χ1v) is 6.49. The zero-order valence-corrected chi connectivity index (χ0v) is 11.3. The minimum atomic E-state index is -0.250. The van der Waals surface area contributed by atoms with Gasteiger partial charge >= 0.3 is 0 Å². The summed E-state index contributed by atoms with van der Waals surface area (Å²) in [4.78, 5) is 11.8. The first-order valence-electron chi connectivity index (χ1n) is 6.49. The Labute approximate surface area is 116 Å². The Hall–Kier alpha value is -2.51. The number of anilines is 1. The van der Waals surface area contributed by atoms with Crippen LogP contribution in [-0.2, 0) is 6.54 Å². The summed E-state index contributed by atoms with van der Waals surface area (Å²) in [6, 6.07) is 3.39. The van der Waals surface area contributed by atoms with Crippen LogP contribution < -0.4 is 10.6 Å². The Kier molecular flexibility index (Phi) is 4.99. The topological polar surface area (TPSA) is 97.6 Å². The van der Waals surface area contributed by atoms with Crippen LogP contribution in [0, 0.1) is 0 Å². The third-order valence-corrected chi connectivity index (χ3v) is 2.55. The van der Waals surface area contributed by atoms with Crippen LogP contribution in [0.2, 0.25) is 0 Å². The SMILES string of the molecule is CCCNc1ccc(C(=O)NCCn2ccnn2)nn1. The summed E-state index contributed by atoms with van der Waals surface area (Å²) < 4.78 is 1.64. The summed E-state index contributed by atoms with van der Waals surface area (Å²) in [6.45, 7) is 3.92. The zero-order valence-electron chi connectivity index (χ0n) is 11.3. The van der Waals surface area contributed by atoms with Crippen molar-refractivity contribution in [2.75, 3.05) is 18.4 Å². The van der Waals surface area contributed by atoms with Crippen molar-refractivity contribution in [3.05, 3.63) is 30.2 Å². The minimum absolute atomic E-state index is 0.250. The van der Waals surface area contributed by atoms with Crippen LogP contribution in [0.15, 0.2) is 24.5 Å². The zero-order chi connectivity index (χ0) is 14.2. The van der Waals surface area contributed by atoms with E-state index in [1.165, 1.54) is 0 Å². The van der Waals surface area contributed by atoms with Crippen molar-refractivity contribution in [1.82, 2.24) is 30.5 Å². The van der Waals surface area contributed by atoms with E-state index in [0.29, 0.717) is 24.6 Å². The number of carbonyl (C=O) groups excluding carboxylic acids is 1. The van der Waals surface area contributed by atoms with E-state index in [-0.39, 0.29) is 5.91 Å². The van der Waals surface area contributed by atoms with Gasteiger partial charge in [0.25, 0.3) is 5.91 Å². The number of aromatic nitrogens is 5. The van der Waals surface area contributed by atoms with Gasteiger partial charge in [0.15, 0.2) is 5.69 Å². The molecule has 0 spiro atoms. The number of nitrogens with one attached hydrogen (secondary N) is 2. The summed E-state index contributed by atoms with van der Waals surface area (Å²) >= 11 is 0. The quantitative estimate of drug-likeness (QED) is 0.755. The molecular weight excluding hydrogens is 258 g/mol. The molecule has 0 aliphatic rings. The van der Waals surface area contributed by atoms with Crippen molar-refractivity contribution in [2.45, 2.75) is 19.9 Å². The molecule has 0 saturated carbocycles. The minimum Gasteiger partial charge on any atom is -0.369 e. The molecule has 0 radical (unpaired) electrons. The molecule has 0 aliphatic heterocycles. The summed E-state index contributed by atoms with van der Waals surface area (Å²) in [5, 5.41) is 21.2. The van der Waals surface area contributed by atoms with Crippen LogP contribution in [0.3, 0.4) is 0 Å². The average molecular weight is 275 g/mol. The van der Waals surface area contributed by atoms with Gasteiger partial charge in [0.2, 0.25) is 0 Å². The van der Waals surface area contributed by atoms with Crippen molar-refractivity contribution in [3.8, 4) is 0 Å². The third-order valence-electron chi connectivity index (χ3n) is 2.55. The van der Waals surface area contributed by atoms with Crippen LogP contribution in [0.5, 0.6) is 0 Å². The molecule has 0 aliphatic carbocycles. The second-order valence-electron chi connectivity index (χ2n) is 4.15. The molecule has 0 fully saturated rings. The molecule has 2 aromatic rings. The highest BCUT2D eigenvalue weighted by atomic mass is 16.1. The van der Waals surface area contributed by atoms with E-state index >= 15 is 0 Å². The lowest BCUT2D eigenvalue weighted by atomic mass is 10.3. The molecule has 0 bridgehead atoms. The van der Waals surface area contributed by atoms with Crippen molar-refractivity contribution in [1.29, 1.82) is 0 Å². The maximum atomic E-state index is 11.8. The van der Waals surface area contributed by atoms with Crippen LogP contribution in [0.1, 0.15) is 23.8 Å². The van der Waals surface area contributed by atoms with Crippen LogP contribution in [-0.4, -0.2) is 44.2 Å². The fourth-order valence-corrected chi connectivity index (χ4v) is 1.53. The fourth-order valence-electron chi connectivity index (χ4n) is 1.53. The lowest BCUT2D eigenvalue weighted by molar-refractivity contribution is 0.0946. The van der Waals surface area contributed by atoms with Gasteiger partial charge in [-0.3, -0.25) is 9.48 Å². The van der Waals surface area contributed by atoms with Gasteiger partial charge in [-0.1, -0.05) is 12.1 Å². The molecule has 20 heavy (non-hydrogen) atoms. The summed E-state index contributed by atoms with van der Waals surface area (Å²) in [6.07, 6.45) is 4.34. The smallest absolute Gasteiger partial charge is 0.271 e. The Balaban J connectivity index is 1.79. The number of hydrogen-bond donors (Lipinski definition) is 2. The van der Waals surface area contributed by atoms with Gasteiger partial charge in [0.05, 0.1) is 12.7 Å². The van der Waals surface area contributed by atoms with E-state index in [1.807, 2.05) is 0 Å². The highest BCUT2D eigenvalue weighted by Crippen LogP contribution is 2.01. The van der Waals surface area contributed by atoms with Gasteiger partial charge in [0, 0.05) is 19.3 Å². The highest BCUT2D eigenvalue weighted by Gasteiger charge is 2.07. The van der Waals surface area contributed by atoms with Crippen molar-refractivity contribution < 1.29 is 4.79 Å². The van der Waals surface area contributed by atoms with Crippen molar-refractivity contribution in [3.63, 3.8) is 0 Å². The Morgan fingerprint density at radius 1 is 1.30 bits per heavy atom. The molecule has 2 aromatic heterocycles. The molecule has 106 valence electrons. The second kappa shape index (κ2) is 7.17. The number of amides is 1. The van der Waals surface area contributed by atoms with Crippen LogP contribution >= 0.6 is 0 Å².